The number of benzene rings is 2. The Labute approximate surface area is 126 Å². The van der Waals surface area contributed by atoms with E-state index >= 15 is 0 Å². The van der Waals surface area contributed by atoms with Gasteiger partial charge in [-0.2, -0.15) is 5.26 Å². The number of hydrogen-bond donors (Lipinski definition) is 2. The van der Waals surface area contributed by atoms with Crippen molar-refractivity contribution in [2.45, 2.75) is 6.42 Å². The Balaban J connectivity index is 2.00. The maximum Gasteiger partial charge on any atom is 0.255 e. The van der Waals surface area contributed by atoms with E-state index in [4.69, 9.17) is 5.26 Å². The van der Waals surface area contributed by atoms with Crippen molar-refractivity contribution < 1.29 is 14.0 Å². The highest BCUT2D eigenvalue weighted by molar-refractivity contribution is 6.04. The fraction of sp³-hybridized carbons (Fsp3) is 0.0625. The molecule has 0 unspecified atom stereocenters. The Bertz CT molecular complexity index is 719. The highest BCUT2D eigenvalue weighted by Gasteiger charge is 2.07. The molecule has 110 valence electrons. The Morgan fingerprint density at radius 1 is 0.955 bits per heavy atom. The van der Waals surface area contributed by atoms with Gasteiger partial charge in [0.1, 0.15) is 12.2 Å². The predicted octanol–water partition coefficient (Wildman–Crippen LogP) is 2.93. The van der Waals surface area contributed by atoms with E-state index in [1.807, 2.05) is 0 Å². The van der Waals surface area contributed by atoms with Crippen molar-refractivity contribution in [3.63, 3.8) is 0 Å². The van der Waals surface area contributed by atoms with Crippen LogP contribution >= 0.6 is 0 Å². The first kappa shape index (κ1) is 15.2. The van der Waals surface area contributed by atoms with Gasteiger partial charge in [0, 0.05) is 16.9 Å². The third-order valence-electron chi connectivity index (χ3n) is 2.77. The molecule has 2 rings (SSSR count). The number of nitrogens with zero attached hydrogens (tertiary/aromatic N) is 1. The van der Waals surface area contributed by atoms with E-state index in [1.165, 1.54) is 24.3 Å². The molecule has 0 heterocycles. The molecular weight excluding hydrogens is 285 g/mol. The Morgan fingerprint density at radius 2 is 1.50 bits per heavy atom. The minimum Gasteiger partial charge on any atom is -0.325 e. The van der Waals surface area contributed by atoms with Crippen LogP contribution in [0.3, 0.4) is 0 Å². The standard InChI is InChI=1S/C16H12FN3O2/c17-12-3-7-14(8-4-12)20-16(22)11-1-5-13(6-2-11)19-15(21)9-10-18/h1-8H,9H2,(H,19,21)(H,20,22). The molecule has 0 spiro atoms. The van der Waals surface area contributed by atoms with Crippen molar-refractivity contribution in [3.05, 3.63) is 59.9 Å². The van der Waals surface area contributed by atoms with Gasteiger partial charge in [-0.15, -0.1) is 0 Å². The van der Waals surface area contributed by atoms with E-state index in [9.17, 15) is 14.0 Å². The lowest BCUT2D eigenvalue weighted by Gasteiger charge is -2.07. The zero-order chi connectivity index (χ0) is 15.9. The molecule has 0 aliphatic carbocycles. The fourth-order valence-electron chi connectivity index (χ4n) is 1.72. The first-order valence-corrected chi connectivity index (χ1v) is 6.42. The lowest BCUT2D eigenvalue weighted by molar-refractivity contribution is -0.115. The molecular formula is C16H12FN3O2. The summed E-state index contributed by atoms with van der Waals surface area (Å²) in [6.45, 7) is 0. The molecule has 0 aliphatic rings. The molecule has 2 aromatic carbocycles. The van der Waals surface area contributed by atoms with E-state index in [0.29, 0.717) is 16.9 Å². The highest BCUT2D eigenvalue weighted by Crippen LogP contribution is 2.13. The molecule has 22 heavy (non-hydrogen) atoms. The molecule has 0 saturated heterocycles. The molecule has 2 amide bonds. The van der Waals surface area contributed by atoms with Crippen LogP contribution in [0.1, 0.15) is 16.8 Å². The van der Waals surface area contributed by atoms with Crippen molar-refractivity contribution in [1.82, 2.24) is 0 Å². The van der Waals surface area contributed by atoms with E-state index in [-0.39, 0.29) is 18.1 Å². The average Bonchev–Trinajstić information content (AvgIpc) is 2.50. The van der Waals surface area contributed by atoms with Gasteiger partial charge in [-0.1, -0.05) is 0 Å². The summed E-state index contributed by atoms with van der Waals surface area (Å²) < 4.78 is 12.8. The van der Waals surface area contributed by atoms with Crippen LogP contribution in [-0.2, 0) is 4.79 Å². The average molecular weight is 297 g/mol. The van der Waals surface area contributed by atoms with Crippen LogP contribution in [-0.4, -0.2) is 11.8 Å². The fourth-order valence-corrected chi connectivity index (χ4v) is 1.72. The Kier molecular flexibility index (Phi) is 4.83. The van der Waals surface area contributed by atoms with Crippen LogP contribution in [0.2, 0.25) is 0 Å². The van der Waals surface area contributed by atoms with Crippen molar-refractivity contribution in [2.24, 2.45) is 0 Å². The van der Waals surface area contributed by atoms with Crippen LogP contribution in [0.25, 0.3) is 0 Å². The highest BCUT2D eigenvalue weighted by atomic mass is 19.1. The molecule has 2 N–H and O–H groups in total. The number of hydrogen-bond acceptors (Lipinski definition) is 3. The van der Waals surface area contributed by atoms with Gasteiger partial charge in [-0.3, -0.25) is 9.59 Å². The summed E-state index contributed by atoms with van der Waals surface area (Å²) in [7, 11) is 0. The number of carbonyl (C=O) groups is 2. The molecule has 0 aliphatic heterocycles. The van der Waals surface area contributed by atoms with Crippen molar-refractivity contribution in [2.75, 3.05) is 10.6 Å². The SMILES string of the molecule is N#CCC(=O)Nc1ccc(C(=O)Nc2ccc(F)cc2)cc1. The summed E-state index contributed by atoms with van der Waals surface area (Å²) in [4.78, 5) is 23.3. The summed E-state index contributed by atoms with van der Waals surface area (Å²) in [5.41, 5.74) is 1.37. The molecule has 0 atom stereocenters. The third kappa shape index (κ3) is 4.15. The minimum atomic E-state index is -0.411. The smallest absolute Gasteiger partial charge is 0.255 e. The molecule has 0 aromatic heterocycles. The van der Waals surface area contributed by atoms with Crippen molar-refractivity contribution in [1.29, 1.82) is 5.26 Å². The van der Waals surface area contributed by atoms with Crippen LogP contribution in [0.15, 0.2) is 48.5 Å². The predicted molar refractivity (Wildman–Crippen MR) is 79.7 cm³/mol. The van der Waals surface area contributed by atoms with Gasteiger partial charge in [0.25, 0.3) is 5.91 Å². The first-order valence-electron chi connectivity index (χ1n) is 6.42. The third-order valence-corrected chi connectivity index (χ3v) is 2.77. The lowest BCUT2D eigenvalue weighted by Crippen LogP contribution is -2.13. The zero-order valence-corrected chi connectivity index (χ0v) is 11.5. The maximum atomic E-state index is 12.8. The number of amides is 2. The molecule has 0 saturated carbocycles. The Hall–Kier alpha value is -3.20. The molecule has 6 heteroatoms. The molecule has 0 radical (unpaired) electrons. The molecule has 5 nitrogen and oxygen atoms in total. The monoisotopic (exact) mass is 297 g/mol. The first-order chi connectivity index (χ1) is 10.6. The molecule has 0 fully saturated rings. The number of anilines is 2. The van der Waals surface area contributed by atoms with Crippen LogP contribution < -0.4 is 10.6 Å². The number of carbonyl (C=O) groups excluding carboxylic acids is 2. The maximum absolute atomic E-state index is 12.8. The van der Waals surface area contributed by atoms with E-state index in [0.717, 1.165) is 0 Å². The number of rotatable bonds is 4. The van der Waals surface area contributed by atoms with E-state index in [2.05, 4.69) is 10.6 Å². The Morgan fingerprint density at radius 3 is 2.09 bits per heavy atom. The van der Waals surface area contributed by atoms with Gasteiger partial charge in [-0.05, 0) is 48.5 Å². The van der Waals surface area contributed by atoms with Gasteiger partial charge < -0.3 is 10.6 Å². The van der Waals surface area contributed by atoms with Crippen LogP contribution in [0, 0.1) is 17.1 Å². The van der Waals surface area contributed by atoms with Gasteiger partial charge in [-0.25, -0.2) is 4.39 Å². The summed E-state index contributed by atoms with van der Waals surface area (Å²) in [5.74, 6) is -1.14. The number of nitrogens with one attached hydrogen (secondary N) is 2. The van der Waals surface area contributed by atoms with E-state index < -0.39 is 5.91 Å². The summed E-state index contributed by atoms with van der Waals surface area (Å²) >= 11 is 0. The minimum absolute atomic E-state index is 0.229. The van der Waals surface area contributed by atoms with Gasteiger partial charge in [0.15, 0.2) is 0 Å². The largest absolute Gasteiger partial charge is 0.325 e. The van der Waals surface area contributed by atoms with Gasteiger partial charge in [0.2, 0.25) is 5.91 Å². The molecule has 0 bridgehead atoms. The second-order valence-corrected chi connectivity index (χ2v) is 4.42. The second-order valence-electron chi connectivity index (χ2n) is 4.42. The van der Waals surface area contributed by atoms with E-state index in [1.54, 1.807) is 30.3 Å². The van der Waals surface area contributed by atoms with Gasteiger partial charge in [0.05, 0.1) is 6.07 Å². The topological polar surface area (TPSA) is 82.0 Å². The van der Waals surface area contributed by atoms with Crippen molar-refractivity contribution >= 4 is 23.2 Å². The lowest BCUT2D eigenvalue weighted by atomic mass is 10.2. The summed E-state index contributed by atoms with van der Waals surface area (Å²) in [6.07, 6.45) is -0.229. The summed E-state index contributed by atoms with van der Waals surface area (Å²) in [6, 6.07) is 13.4. The quantitative estimate of drug-likeness (QED) is 0.910. The molecule has 2 aromatic rings. The van der Waals surface area contributed by atoms with Crippen LogP contribution in [0.4, 0.5) is 15.8 Å². The summed E-state index contributed by atoms with van der Waals surface area (Å²) in [5, 5.41) is 13.6. The number of halogens is 1. The van der Waals surface area contributed by atoms with Crippen LogP contribution in [0.5, 0.6) is 0 Å². The second kappa shape index (κ2) is 6.99. The van der Waals surface area contributed by atoms with Gasteiger partial charge >= 0.3 is 0 Å². The number of nitriles is 1. The normalized spacial score (nSPS) is 9.64. The van der Waals surface area contributed by atoms with Crippen molar-refractivity contribution in [3.8, 4) is 6.07 Å². The zero-order valence-electron chi connectivity index (χ0n) is 11.5.